The average Bonchev–Trinajstić information content (AvgIpc) is 2.76. The second-order valence-electron chi connectivity index (χ2n) is 7.27. The molecule has 2 heterocycles. The second kappa shape index (κ2) is 8.34. The lowest BCUT2D eigenvalue weighted by Gasteiger charge is -2.28. The Balaban J connectivity index is 1.55. The van der Waals surface area contributed by atoms with Gasteiger partial charge in [-0.05, 0) is 37.3 Å². The summed E-state index contributed by atoms with van der Waals surface area (Å²) in [5, 5.41) is 2.58. The molecule has 1 aromatic heterocycles. The number of halogens is 3. The normalized spacial score (nSPS) is 14.4. The first-order valence-electron chi connectivity index (χ1n) is 9.54. The zero-order chi connectivity index (χ0) is 24.0. The lowest BCUT2D eigenvalue weighted by molar-refractivity contribution is -0.137. The summed E-state index contributed by atoms with van der Waals surface area (Å²) in [6.07, 6.45) is -3.32. The molecule has 4 rings (SSSR count). The molecule has 1 amide bonds. The van der Waals surface area contributed by atoms with Crippen LogP contribution in [-0.2, 0) is 21.0 Å². The number of aryl methyl sites for hydroxylation is 1. The lowest BCUT2D eigenvalue weighted by Crippen LogP contribution is -2.31. The SMILES string of the molecule is Cc1ccc2c(c1)-c1nc(SCC(=O)Nc3cccc(C(F)(F)F)c3)ncc1S(=O)(=O)N2C. The van der Waals surface area contributed by atoms with Crippen LogP contribution < -0.4 is 9.62 Å². The number of anilines is 2. The van der Waals surface area contributed by atoms with Crippen molar-refractivity contribution in [3.63, 3.8) is 0 Å². The molecule has 0 atom stereocenters. The summed E-state index contributed by atoms with van der Waals surface area (Å²) in [4.78, 5) is 20.6. The van der Waals surface area contributed by atoms with Crippen molar-refractivity contribution in [3.8, 4) is 11.3 Å². The van der Waals surface area contributed by atoms with Gasteiger partial charge in [0.15, 0.2) is 5.16 Å². The van der Waals surface area contributed by atoms with Crippen LogP contribution in [0.3, 0.4) is 0 Å². The highest BCUT2D eigenvalue weighted by molar-refractivity contribution is 7.99. The van der Waals surface area contributed by atoms with Crippen LogP contribution in [0.25, 0.3) is 11.3 Å². The zero-order valence-corrected chi connectivity index (χ0v) is 19.0. The molecular formula is C21H17F3N4O3S2. The number of benzene rings is 2. The molecule has 7 nitrogen and oxygen atoms in total. The Hall–Kier alpha value is -3.12. The molecule has 1 N–H and O–H groups in total. The minimum Gasteiger partial charge on any atom is -0.325 e. The van der Waals surface area contributed by atoms with Crippen LogP contribution in [0.5, 0.6) is 0 Å². The van der Waals surface area contributed by atoms with Gasteiger partial charge in [-0.15, -0.1) is 0 Å². The first kappa shape index (κ1) is 23.1. The summed E-state index contributed by atoms with van der Waals surface area (Å²) < 4.78 is 65.3. The van der Waals surface area contributed by atoms with Crippen LogP contribution >= 0.6 is 11.8 Å². The molecular weight excluding hydrogens is 477 g/mol. The third-order valence-corrected chi connectivity index (χ3v) is 7.56. The number of nitrogens with one attached hydrogen (secondary N) is 1. The van der Waals surface area contributed by atoms with Crippen LogP contribution in [0.1, 0.15) is 11.1 Å². The Labute approximate surface area is 192 Å². The fourth-order valence-corrected chi connectivity index (χ4v) is 5.21. The number of hydrogen-bond donors (Lipinski definition) is 1. The molecule has 0 bridgehead atoms. The lowest BCUT2D eigenvalue weighted by atomic mass is 10.1. The summed E-state index contributed by atoms with van der Waals surface area (Å²) >= 11 is 0.945. The maximum absolute atomic E-state index is 12.8. The summed E-state index contributed by atoms with van der Waals surface area (Å²) in [6.45, 7) is 1.87. The first-order chi connectivity index (χ1) is 15.5. The van der Waals surface area contributed by atoms with Crippen molar-refractivity contribution in [1.29, 1.82) is 0 Å². The van der Waals surface area contributed by atoms with Crippen LogP contribution in [0, 0.1) is 6.92 Å². The molecule has 0 spiro atoms. The monoisotopic (exact) mass is 494 g/mol. The minimum absolute atomic E-state index is 0.0142. The van der Waals surface area contributed by atoms with E-state index < -0.39 is 27.7 Å². The predicted molar refractivity (Wildman–Crippen MR) is 119 cm³/mol. The molecule has 1 aliphatic heterocycles. The van der Waals surface area contributed by atoms with Gasteiger partial charge in [0.1, 0.15) is 4.90 Å². The molecule has 3 aromatic rings. The van der Waals surface area contributed by atoms with E-state index in [1.807, 2.05) is 13.0 Å². The Bertz CT molecular complexity index is 1360. The van der Waals surface area contributed by atoms with Crippen molar-refractivity contribution in [2.24, 2.45) is 0 Å². The number of sulfonamides is 1. The van der Waals surface area contributed by atoms with E-state index in [1.165, 1.54) is 29.7 Å². The highest BCUT2D eigenvalue weighted by Gasteiger charge is 2.34. The number of amides is 1. The van der Waals surface area contributed by atoms with Gasteiger partial charge in [-0.1, -0.05) is 29.5 Å². The van der Waals surface area contributed by atoms with E-state index in [0.717, 1.165) is 29.5 Å². The summed E-state index contributed by atoms with van der Waals surface area (Å²) in [5.41, 5.74) is 1.40. The Morgan fingerprint density at radius 3 is 2.67 bits per heavy atom. The fraction of sp³-hybridized carbons (Fsp3) is 0.190. The van der Waals surface area contributed by atoms with Crippen LogP contribution in [0.15, 0.2) is 58.7 Å². The van der Waals surface area contributed by atoms with Gasteiger partial charge in [0.25, 0.3) is 10.0 Å². The van der Waals surface area contributed by atoms with Gasteiger partial charge in [0.2, 0.25) is 5.91 Å². The van der Waals surface area contributed by atoms with Gasteiger partial charge in [-0.25, -0.2) is 18.4 Å². The van der Waals surface area contributed by atoms with E-state index in [2.05, 4.69) is 15.3 Å². The standard InChI is InChI=1S/C21H17F3N4O3S2/c1-12-6-7-16-15(8-12)19-17(33(30,31)28(16)2)10-25-20(27-19)32-11-18(29)26-14-5-3-4-13(9-14)21(22,23)24/h3-10H,11H2,1-2H3,(H,26,29). The summed E-state index contributed by atoms with van der Waals surface area (Å²) in [6, 6.07) is 9.63. The number of aromatic nitrogens is 2. The number of alkyl halides is 3. The van der Waals surface area contributed by atoms with Crippen LogP contribution in [0.4, 0.5) is 24.5 Å². The van der Waals surface area contributed by atoms with Gasteiger partial charge in [0.05, 0.1) is 28.9 Å². The van der Waals surface area contributed by atoms with E-state index in [1.54, 1.807) is 12.1 Å². The molecule has 0 saturated carbocycles. The number of hydrogen-bond acceptors (Lipinski definition) is 6. The highest BCUT2D eigenvalue weighted by Crippen LogP contribution is 2.41. The maximum atomic E-state index is 12.8. The molecule has 0 unspecified atom stereocenters. The van der Waals surface area contributed by atoms with Crippen molar-refractivity contribution < 1.29 is 26.4 Å². The number of fused-ring (bicyclic) bond motifs is 3. The molecule has 33 heavy (non-hydrogen) atoms. The Morgan fingerprint density at radius 2 is 1.94 bits per heavy atom. The van der Waals surface area contributed by atoms with Gasteiger partial charge in [-0.2, -0.15) is 13.2 Å². The number of nitrogens with zero attached hydrogens (tertiary/aromatic N) is 3. The fourth-order valence-electron chi connectivity index (χ4n) is 3.30. The van der Waals surface area contributed by atoms with Crippen molar-refractivity contribution in [2.45, 2.75) is 23.2 Å². The molecule has 0 saturated heterocycles. The van der Waals surface area contributed by atoms with Crippen LogP contribution in [-0.4, -0.2) is 37.1 Å². The molecule has 172 valence electrons. The third-order valence-electron chi connectivity index (χ3n) is 4.92. The second-order valence-corrected chi connectivity index (χ2v) is 10.2. The topological polar surface area (TPSA) is 92.3 Å². The summed E-state index contributed by atoms with van der Waals surface area (Å²) in [7, 11) is -2.37. The smallest absolute Gasteiger partial charge is 0.325 e. The highest BCUT2D eigenvalue weighted by atomic mass is 32.2. The molecule has 0 radical (unpaired) electrons. The summed E-state index contributed by atoms with van der Waals surface area (Å²) in [5.74, 6) is -0.730. The van der Waals surface area contributed by atoms with Crippen molar-refractivity contribution in [2.75, 3.05) is 22.4 Å². The van der Waals surface area contributed by atoms with E-state index in [4.69, 9.17) is 0 Å². The third kappa shape index (κ3) is 4.53. The van der Waals surface area contributed by atoms with Crippen molar-refractivity contribution >= 4 is 39.1 Å². The number of thioether (sulfide) groups is 1. The first-order valence-corrected chi connectivity index (χ1v) is 12.0. The largest absolute Gasteiger partial charge is 0.416 e. The van der Waals surface area contributed by atoms with Crippen molar-refractivity contribution in [3.05, 3.63) is 59.8 Å². The van der Waals surface area contributed by atoms with Crippen molar-refractivity contribution in [1.82, 2.24) is 9.97 Å². The van der Waals surface area contributed by atoms with E-state index in [0.29, 0.717) is 11.3 Å². The number of carbonyl (C=O) groups is 1. The van der Waals surface area contributed by atoms with Crippen LogP contribution in [0.2, 0.25) is 0 Å². The number of rotatable bonds is 4. The van der Waals surface area contributed by atoms with E-state index in [-0.39, 0.29) is 27.2 Å². The Morgan fingerprint density at radius 1 is 1.18 bits per heavy atom. The van der Waals surface area contributed by atoms with Gasteiger partial charge in [-0.3, -0.25) is 9.10 Å². The number of carbonyl (C=O) groups excluding carboxylic acids is 1. The average molecular weight is 495 g/mol. The molecule has 2 aromatic carbocycles. The van der Waals surface area contributed by atoms with E-state index >= 15 is 0 Å². The van der Waals surface area contributed by atoms with Gasteiger partial charge < -0.3 is 5.32 Å². The molecule has 1 aliphatic rings. The van der Waals surface area contributed by atoms with Gasteiger partial charge >= 0.3 is 6.18 Å². The quantitative estimate of drug-likeness (QED) is 0.429. The van der Waals surface area contributed by atoms with Gasteiger partial charge in [0, 0.05) is 18.3 Å². The Kier molecular flexibility index (Phi) is 5.83. The molecule has 0 fully saturated rings. The minimum atomic E-state index is -4.52. The molecule has 12 heteroatoms. The maximum Gasteiger partial charge on any atom is 0.416 e. The van der Waals surface area contributed by atoms with E-state index in [9.17, 15) is 26.4 Å². The predicted octanol–water partition coefficient (Wildman–Crippen LogP) is 4.34. The zero-order valence-electron chi connectivity index (χ0n) is 17.3. The molecule has 0 aliphatic carbocycles.